The van der Waals surface area contributed by atoms with E-state index in [-0.39, 0.29) is 11.2 Å². The Labute approximate surface area is 155 Å². The van der Waals surface area contributed by atoms with Crippen LogP contribution >= 0.6 is 0 Å². The monoisotopic (exact) mass is 353 g/mol. The first-order valence-electron chi connectivity index (χ1n) is 9.21. The summed E-state index contributed by atoms with van der Waals surface area (Å²) in [6, 6.07) is 1.96. The molecule has 3 rings (SSSR count). The highest BCUT2D eigenvalue weighted by atomic mass is 16.3. The number of rotatable bonds is 4. The minimum atomic E-state index is 0.245. The van der Waals surface area contributed by atoms with Crippen LogP contribution in [0.4, 0.5) is 11.4 Å². The third-order valence-corrected chi connectivity index (χ3v) is 5.77. The first kappa shape index (κ1) is 18.4. The summed E-state index contributed by atoms with van der Waals surface area (Å²) in [5.74, 6) is 1.06. The number of anilines is 1. The van der Waals surface area contributed by atoms with E-state index in [4.69, 9.17) is 0 Å². The Kier molecular flexibility index (Phi) is 4.99. The number of aliphatic imine (C=N–C) groups is 1. The Morgan fingerprint density at radius 3 is 2.54 bits per heavy atom. The van der Waals surface area contributed by atoms with Gasteiger partial charge >= 0.3 is 0 Å². The summed E-state index contributed by atoms with van der Waals surface area (Å²) < 4.78 is 0. The Hall–Kier alpha value is -2.43. The maximum absolute atomic E-state index is 11.3. The van der Waals surface area contributed by atoms with Crippen LogP contribution in [0.1, 0.15) is 49.8 Å². The molecule has 1 spiro atoms. The maximum atomic E-state index is 11.3. The highest BCUT2D eigenvalue weighted by Gasteiger charge is 2.44. The summed E-state index contributed by atoms with van der Waals surface area (Å²) in [5.41, 5.74) is 5.09. The predicted octanol–water partition coefficient (Wildman–Crippen LogP) is 5.63. The second-order valence-corrected chi connectivity index (χ2v) is 7.58. The van der Waals surface area contributed by atoms with E-state index in [9.17, 15) is 10.0 Å². The first-order valence-corrected chi connectivity index (χ1v) is 9.21. The summed E-state index contributed by atoms with van der Waals surface area (Å²) in [5, 5.41) is 12.8. The van der Waals surface area contributed by atoms with Gasteiger partial charge in [-0.15, -0.1) is 4.91 Å². The molecule has 138 valence electrons. The number of aliphatic hydroxyl groups excluding tert-OH is 1. The van der Waals surface area contributed by atoms with Crippen LogP contribution in [0.25, 0.3) is 0 Å². The Morgan fingerprint density at radius 1 is 1.27 bits per heavy atom. The van der Waals surface area contributed by atoms with Crippen molar-refractivity contribution < 1.29 is 5.11 Å². The highest BCUT2D eigenvalue weighted by molar-refractivity contribution is 5.73. The lowest BCUT2D eigenvalue weighted by Gasteiger charge is -2.50. The average Bonchev–Trinajstić information content (AvgIpc) is 2.59. The zero-order valence-corrected chi connectivity index (χ0v) is 16.0. The molecule has 0 atom stereocenters. The van der Waals surface area contributed by atoms with Crippen molar-refractivity contribution in [1.82, 2.24) is 0 Å². The fourth-order valence-corrected chi connectivity index (χ4v) is 4.17. The molecule has 0 radical (unpaired) electrons. The van der Waals surface area contributed by atoms with Crippen LogP contribution in [0.15, 0.2) is 40.0 Å². The number of nitrogens with zero attached hydrogens (tertiary/aromatic N) is 3. The van der Waals surface area contributed by atoms with Gasteiger partial charge in [0.25, 0.3) is 0 Å². The quantitative estimate of drug-likeness (QED) is 0.330. The number of hydrogen-bond acceptors (Lipinski definition) is 5. The number of allylic oxidation sites excluding steroid dienone is 3. The van der Waals surface area contributed by atoms with Gasteiger partial charge in [-0.2, -0.15) is 0 Å². The third-order valence-electron chi connectivity index (χ3n) is 5.77. The minimum Gasteiger partial charge on any atom is -0.513 e. The van der Waals surface area contributed by atoms with Crippen LogP contribution in [-0.2, 0) is 6.42 Å². The van der Waals surface area contributed by atoms with Gasteiger partial charge in [0.2, 0.25) is 0 Å². The van der Waals surface area contributed by atoms with Gasteiger partial charge in [0.15, 0.2) is 0 Å². The Bertz CT molecular complexity index is 813. The van der Waals surface area contributed by atoms with E-state index in [1.165, 1.54) is 24.8 Å². The maximum Gasteiger partial charge on any atom is 0.132 e. The Morgan fingerprint density at radius 2 is 2.00 bits per heavy atom. The molecular formula is C21H27N3O2. The first-order chi connectivity index (χ1) is 12.4. The lowest BCUT2D eigenvalue weighted by molar-refractivity contribution is 0.137. The SMILES string of the molecule is C\C=N/C(=C\C=C(/C)O)N1CC2(CCC2)Cc2cc(N=O)c(C)c(C)c21. The van der Waals surface area contributed by atoms with Crippen LogP contribution in [-0.4, -0.2) is 17.9 Å². The van der Waals surface area contributed by atoms with E-state index in [1.54, 1.807) is 19.2 Å². The van der Waals surface area contributed by atoms with E-state index in [1.807, 2.05) is 26.0 Å². The average molecular weight is 353 g/mol. The lowest BCUT2D eigenvalue weighted by atomic mass is 9.63. The molecule has 1 aromatic rings. The molecule has 0 saturated heterocycles. The topological polar surface area (TPSA) is 65.3 Å². The van der Waals surface area contributed by atoms with Crippen LogP contribution < -0.4 is 4.90 Å². The molecule has 1 aliphatic carbocycles. The normalized spacial score (nSPS) is 19.6. The summed E-state index contributed by atoms with van der Waals surface area (Å²) in [4.78, 5) is 18.1. The molecule has 1 heterocycles. The van der Waals surface area contributed by atoms with Crippen molar-refractivity contribution in [3.8, 4) is 0 Å². The molecule has 1 aromatic carbocycles. The molecule has 1 fully saturated rings. The number of benzene rings is 1. The molecule has 1 aliphatic heterocycles. The third kappa shape index (κ3) is 3.18. The molecule has 26 heavy (non-hydrogen) atoms. The van der Waals surface area contributed by atoms with Crippen LogP contribution in [0.3, 0.4) is 0 Å². The standard InChI is InChI=1S/C21H27N3O2/c1-5-22-19(8-7-14(2)25)24-13-21(9-6-10-21)12-17-11-18(23-26)15(3)16(4)20(17)24/h5,7-8,11,25H,6,9-10,12-13H2,1-4H3/b14-7+,19-8+,22-5-. The highest BCUT2D eigenvalue weighted by Crippen LogP contribution is 2.52. The molecule has 0 unspecified atom stereocenters. The summed E-state index contributed by atoms with van der Waals surface area (Å²) in [6.07, 6.45) is 9.93. The molecule has 5 heteroatoms. The summed E-state index contributed by atoms with van der Waals surface area (Å²) >= 11 is 0. The predicted molar refractivity (Wildman–Crippen MR) is 107 cm³/mol. The van der Waals surface area contributed by atoms with Crippen LogP contribution in [0.2, 0.25) is 0 Å². The van der Waals surface area contributed by atoms with Gasteiger partial charge in [0.05, 0.1) is 5.76 Å². The number of aliphatic hydroxyl groups is 1. The van der Waals surface area contributed by atoms with Crippen molar-refractivity contribution in [3.63, 3.8) is 0 Å². The van der Waals surface area contributed by atoms with Gasteiger partial charge in [0.1, 0.15) is 11.5 Å². The van der Waals surface area contributed by atoms with Gasteiger partial charge in [-0.25, -0.2) is 4.99 Å². The van der Waals surface area contributed by atoms with E-state index >= 15 is 0 Å². The van der Waals surface area contributed by atoms with E-state index < -0.39 is 0 Å². The minimum absolute atomic E-state index is 0.245. The van der Waals surface area contributed by atoms with Crippen molar-refractivity contribution in [3.05, 3.63) is 51.4 Å². The van der Waals surface area contributed by atoms with Crippen molar-refractivity contribution in [1.29, 1.82) is 0 Å². The number of nitroso groups, excluding NO2 is 1. The van der Waals surface area contributed by atoms with Crippen LogP contribution in [0, 0.1) is 24.2 Å². The van der Waals surface area contributed by atoms with E-state index in [0.717, 1.165) is 35.6 Å². The molecule has 0 bridgehead atoms. The van der Waals surface area contributed by atoms with Crippen LogP contribution in [0.5, 0.6) is 0 Å². The zero-order chi connectivity index (χ0) is 18.9. The van der Waals surface area contributed by atoms with Gasteiger partial charge in [0, 0.05) is 18.4 Å². The van der Waals surface area contributed by atoms with E-state index in [2.05, 4.69) is 22.0 Å². The molecule has 0 aromatic heterocycles. The smallest absolute Gasteiger partial charge is 0.132 e. The molecule has 1 N–H and O–H groups in total. The van der Waals surface area contributed by atoms with E-state index in [0.29, 0.717) is 5.69 Å². The molecule has 0 amide bonds. The van der Waals surface area contributed by atoms with Gasteiger partial charge in [-0.05, 0) is 92.5 Å². The second-order valence-electron chi connectivity index (χ2n) is 7.58. The second kappa shape index (κ2) is 7.06. The van der Waals surface area contributed by atoms with Crippen molar-refractivity contribution in [2.45, 2.75) is 53.4 Å². The molecular weight excluding hydrogens is 326 g/mol. The molecule has 2 aliphatic rings. The Balaban J connectivity index is 2.19. The zero-order valence-electron chi connectivity index (χ0n) is 16.0. The van der Waals surface area contributed by atoms with Crippen molar-refractivity contribution in [2.24, 2.45) is 15.6 Å². The molecule has 1 saturated carbocycles. The largest absolute Gasteiger partial charge is 0.513 e. The number of hydrogen-bond donors (Lipinski definition) is 1. The van der Waals surface area contributed by atoms with Gasteiger partial charge in [-0.3, -0.25) is 0 Å². The van der Waals surface area contributed by atoms with Gasteiger partial charge < -0.3 is 10.0 Å². The van der Waals surface area contributed by atoms with Crippen molar-refractivity contribution in [2.75, 3.05) is 11.4 Å². The molecule has 5 nitrogen and oxygen atoms in total. The lowest BCUT2D eigenvalue weighted by Crippen LogP contribution is -2.47. The summed E-state index contributed by atoms with van der Waals surface area (Å²) in [7, 11) is 0. The van der Waals surface area contributed by atoms with Crippen molar-refractivity contribution >= 4 is 17.6 Å². The van der Waals surface area contributed by atoms with Gasteiger partial charge in [-0.1, -0.05) is 6.42 Å². The fraction of sp³-hybridized carbons (Fsp3) is 0.476. The summed E-state index contributed by atoms with van der Waals surface area (Å²) in [6.45, 7) is 8.46. The number of fused-ring (bicyclic) bond motifs is 1. The fourth-order valence-electron chi connectivity index (χ4n) is 4.17.